The molecule has 1 atom stereocenters. The third kappa shape index (κ3) is 3.54. The molecule has 0 radical (unpaired) electrons. The molecular weight excluding hydrogens is 342 g/mol. The van der Waals surface area contributed by atoms with Gasteiger partial charge >= 0.3 is 0 Å². The minimum absolute atomic E-state index is 0.187. The molecule has 0 aliphatic carbocycles. The maximum absolute atomic E-state index is 9.05. The zero-order valence-electron chi connectivity index (χ0n) is 14.3. The normalized spacial score (nSPS) is 17.0. The summed E-state index contributed by atoms with van der Waals surface area (Å²) < 4.78 is 10.2. The molecule has 2 aromatic carbocycles. The van der Waals surface area contributed by atoms with Gasteiger partial charge in [0.05, 0.1) is 29.2 Å². The Balaban J connectivity index is 1.78. The van der Waals surface area contributed by atoms with Crippen molar-refractivity contribution in [3.8, 4) is 27.6 Å². The number of morpholine rings is 1. The van der Waals surface area contributed by atoms with Crippen LogP contribution in [0.2, 0.25) is 0 Å². The predicted molar refractivity (Wildman–Crippen MR) is 104 cm³/mol. The molecule has 5 heteroatoms. The molecule has 0 unspecified atom stereocenters. The van der Waals surface area contributed by atoms with Crippen molar-refractivity contribution in [3.05, 3.63) is 65.9 Å². The molecule has 0 saturated carbocycles. The van der Waals surface area contributed by atoms with Crippen LogP contribution >= 0.6 is 11.5 Å². The number of aromatic nitrogens is 1. The SMILES string of the molecule is N#Cc1ccc(-c2cccc(C[C@@H]3CNCCO3)c2-c2ccns2)cc1. The fourth-order valence-electron chi connectivity index (χ4n) is 3.37. The van der Waals surface area contributed by atoms with E-state index < -0.39 is 0 Å². The lowest BCUT2D eigenvalue weighted by molar-refractivity contribution is 0.0293. The third-order valence-corrected chi connectivity index (χ3v) is 5.38. The average Bonchev–Trinajstić information content (AvgIpc) is 3.23. The minimum atomic E-state index is 0.187. The van der Waals surface area contributed by atoms with E-state index in [0.29, 0.717) is 5.56 Å². The standard InChI is InChI=1S/C21H19N3OS/c22-13-15-4-6-16(7-5-15)19-3-1-2-17(12-18-14-23-10-11-25-18)21(19)20-8-9-24-26-20/h1-9,18,23H,10-12,14H2/t18-/m1/s1. The van der Waals surface area contributed by atoms with Gasteiger partial charge in [-0.05, 0) is 46.4 Å². The Kier molecular flexibility index (Phi) is 5.07. The van der Waals surface area contributed by atoms with E-state index in [1.54, 1.807) is 0 Å². The van der Waals surface area contributed by atoms with Gasteiger partial charge in [-0.2, -0.15) is 5.26 Å². The van der Waals surface area contributed by atoms with Crippen LogP contribution in [0.3, 0.4) is 0 Å². The highest BCUT2D eigenvalue weighted by atomic mass is 32.1. The minimum Gasteiger partial charge on any atom is -0.375 e. The second-order valence-electron chi connectivity index (χ2n) is 6.31. The molecule has 1 N–H and O–H groups in total. The first-order valence-electron chi connectivity index (χ1n) is 8.71. The van der Waals surface area contributed by atoms with Crippen molar-refractivity contribution < 1.29 is 4.74 Å². The molecule has 1 saturated heterocycles. The van der Waals surface area contributed by atoms with Crippen LogP contribution in [0.5, 0.6) is 0 Å². The molecule has 1 aliphatic heterocycles. The first kappa shape index (κ1) is 16.9. The van der Waals surface area contributed by atoms with Gasteiger partial charge in [-0.15, -0.1) is 0 Å². The molecule has 2 heterocycles. The van der Waals surface area contributed by atoms with Crippen LogP contribution in [0.15, 0.2) is 54.7 Å². The van der Waals surface area contributed by atoms with Crippen molar-refractivity contribution in [2.24, 2.45) is 0 Å². The lowest BCUT2D eigenvalue weighted by atomic mass is 9.91. The van der Waals surface area contributed by atoms with Gasteiger partial charge in [0.25, 0.3) is 0 Å². The predicted octanol–water partition coefficient (Wildman–Crippen LogP) is 3.88. The van der Waals surface area contributed by atoms with E-state index in [-0.39, 0.29) is 6.10 Å². The first-order valence-corrected chi connectivity index (χ1v) is 9.48. The highest BCUT2D eigenvalue weighted by molar-refractivity contribution is 7.09. The van der Waals surface area contributed by atoms with Crippen molar-refractivity contribution in [1.29, 1.82) is 5.26 Å². The van der Waals surface area contributed by atoms with Gasteiger partial charge in [0, 0.05) is 31.3 Å². The Morgan fingerprint density at radius 2 is 2.08 bits per heavy atom. The van der Waals surface area contributed by atoms with Crippen molar-refractivity contribution in [1.82, 2.24) is 9.69 Å². The Morgan fingerprint density at radius 1 is 1.19 bits per heavy atom. The molecule has 26 heavy (non-hydrogen) atoms. The fraction of sp³-hybridized carbons (Fsp3) is 0.238. The largest absolute Gasteiger partial charge is 0.375 e. The van der Waals surface area contributed by atoms with Crippen LogP contribution < -0.4 is 5.32 Å². The molecular formula is C21H19N3OS. The van der Waals surface area contributed by atoms with Gasteiger partial charge in [0.15, 0.2) is 0 Å². The maximum atomic E-state index is 9.05. The van der Waals surface area contributed by atoms with Crippen molar-refractivity contribution in [2.75, 3.05) is 19.7 Å². The zero-order chi connectivity index (χ0) is 17.8. The van der Waals surface area contributed by atoms with E-state index in [2.05, 4.69) is 40.0 Å². The smallest absolute Gasteiger partial charge is 0.0991 e. The third-order valence-electron chi connectivity index (χ3n) is 4.61. The summed E-state index contributed by atoms with van der Waals surface area (Å²) in [6, 6.07) is 18.4. The molecule has 1 aromatic heterocycles. The number of nitriles is 1. The number of nitrogens with zero attached hydrogens (tertiary/aromatic N) is 2. The summed E-state index contributed by atoms with van der Waals surface area (Å²) in [5.41, 5.74) is 5.43. The van der Waals surface area contributed by atoms with Crippen LogP contribution in [0.4, 0.5) is 0 Å². The topological polar surface area (TPSA) is 57.9 Å². The van der Waals surface area contributed by atoms with Gasteiger partial charge < -0.3 is 10.1 Å². The number of rotatable bonds is 4. The van der Waals surface area contributed by atoms with Crippen LogP contribution in [0.25, 0.3) is 21.6 Å². The fourth-order valence-corrected chi connectivity index (χ4v) is 4.06. The quantitative estimate of drug-likeness (QED) is 0.766. The second-order valence-corrected chi connectivity index (χ2v) is 7.14. The van der Waals surface area contributed by atoms with Crippen LogP contribution in [-0.4, -0.2) is 30.2 Å². The average molecular weight is 361 g/mol. The van der Waals surface area contributed by atoms with E-state index in [0.717, 1.165) is 36.6 Å². The van der Waals surface area contributed by atoms with E-state index in [1.165, 1.54) is 28.2 Å². The molecule has 3 aromatic rings. The highest BCUT2D eigenvalue weighted by Crippen LogP contribution is 2.37. The molecule has 4 rings (SSSR count). The second kappa shape index (κ2) is 7.79. The Hall–Kier alpha value is -2.52. The van der Waals surface area contributed by atoms with Crippen molar-refractivity contribution >= 4 is 11.5 Å². The van der Waals surface area contributed by atoms with Gasteiger partial charge in [0.2, 0.25) is 0 Å². The number of hydrogen-bond acceptors (Lipinski definition) is 5. The van der Waals surface area contributed by atoms with Gasteiger partial charge in [-0.1, -0.05) is 30.3 Å². The molecule has 1 fully saturated rings. The van der Waals surface area contributed by atoms with Gasteiger partial charge in [-0.3, -0.25) is 0 Å². The number of benzene rings is 2. The number of nitrogens with one attached hydrogen (secondary N) is 1. The summed E-state index contributed by atoms with van der Waals surface area (Å²) in [7, 11) is 0. The molecule has 0 amide bonds. The summed E-state index contributed by atoms with van der Waals surface area (Å²) in [5, 5.41) is 12.5. The van der Waals surface area contributed by atoms with E-state index >= 15 is 0 Å². The number of hydrogen-bond donors (Lipinski definition) is 1. The Labute approximate surface area is 157 Å². The maximum Gasteiger partial charge on any atom is 0.0991 e. The zero-order valence-corrected chi connectivity index (χ0v) is 15.1. The lowest BCUT2D eigenvalue weighted by Crippen LogP contribution is -2.39. The molecule has 0 bridgehead atoms. The molecule has 130 valence electrons. The molecule has 4 nitrogen and oxygen atoms in total. The van der Waals surface area contributed by atoms with Crippen LogP contribution in [-0.2, 0) is 11.2 Å². The van der Waals surface area contributed by atoms with Crippen molar-refractivity contribution in [3.63, 3.8) is 0 Å². The highest BCUT2D eigenvalue weighted by Gasteiger charge is 2.19. The monoisotopic (exact) mass is 361 g/mol. The van der Waals surface area contributed by atoms with E-state index in [9.17, 15) is 0 Å². The Bertz CT molecular complexity index is 907. The van der Waals surface area contributed by atoms with Crippen LogP contribution in [0, 0.1) is 11.3 Å². The molecule has 1 aliphatic rings. The van der Waals surface area contributed by atoms with Crippen LogP contribution in [0.1, 0.15) is 11.1 Å². The van der Waals surface area contributed by atoms with E-state index in [4.69, 9.17) is 10.00 Å². The summed E-state index contributed by atoms with van der Waals surface area (Å²) in [6.45, 7) is 2.56. The summed E-state index contributed by atoms with van der Waals surface area (Å²) >= 11 is 1.51. The summed E-state index contributed by atoms with van der Waals surface area (Å²) in [6.07, 6.45) is 2.90. The van der Waals surface area contributed by atoms with Gasteiger partial charge in [0.1, 0.15) is 0 Å². The Morgan fingerprint density at radius 3 is 2.77 bits per heavy atom. The van der Waals surface area contributed by atoms with Gasteiger partial charge in [-0.25, -0.2) is 4.37 Å². The molecule has 0 spiro atoms. The van der Waals surface area contributed by atoms with E-state index in [1.807, 2.05) is 30.5 Å². The summed E-state index contributed by atoms with van der Waals surface area (Å²) in [5.74, 6) is 0. The first-order chi connectivity index (χ1) is 12.8. The lowest BCUT2D eigenvalue weighted by Gasteiger charge is -2.25. The summed E-state index contributed by atoms with van der Waals surface area (Å²) in [4.78, 5) is 1.16. The van der Waals surface area contributed by atoms with Crippen molar-refractivity contribution in [2.45, 2.75) is 12.5 Å². The number of ether oxygens (including phenoxy) is 1.